The van der Waals surface area contributed by atoms with Crippen LogP contribution in [0.1, 0.15) is 0 Å². The highest BCUT2D eigenvalue weighted by Crippen LogP contribution is 2.09. The maximum Gasteiger partial charge on any atom is 0.245 e. The third kappa shape index (κ3) is 1.77. The fraction of sp³-hybridized carbons (Fsp3) is 0. The Morgan fingerprint density at radius 2 is 1.90 bits per heavy atom. The maximum absolute atomic E-state index is 12.2. The van der Waals surface area contributed by atoms with Crippen molar-refractivity contribution in [1.29, 1.82) is 0 Å². The normalized spacial score (nSPS) is 8.90. The zero-order chi connectivity index (χ0) is 7.40. The first-order chi connectivity index (χ1) is 4.83. The molecule has 0 saturated heterocycles. The lowest BCUT2D eigenvalue weighted by Gasteiger charge is -1.94. The summed E-state index contributed by atoms with van der Waals surface area (Å²) in [6.07, 6.45) is 0. The molecule has 0 spiro atoms. The third-order valence-electron chi connectivity index (χ3n) is 0.973. The average molecular weight is 155 g/mol. The molecular formula is C7H4FOS. The predicted molar refractivity (Wildman–Crippen MR) is 39.6 cm³/mol. The summed E-state index contributed by atoms with van der Waals surface area (Å²) in [5, 5.41) is 0. The van der Waals surface area contributed by atoms with Crippen molar-refractivity contribution < 1.29 is 9.13 Å². The summed E-state index contributed by atoms with van der Waals surface area (Å²) < 4.78 is 16.9. The van der Waals surface area contributed by atoms with Gasteiger partial charge in [0.15, 0.2) is 0 Å². The Morgan fingerprint density at radius 3 is 2.40 bits per heavy atom. The van der Waals surface area contributed by atoms with E-state index < -0.39 is 0 Å². The van der Waals surface area contributed by atoms with Crippen molar-refractivity contribution >= 4 is 17.8 Å². The molecule has 0 atom stereocenters. The molecule has 1 nitrogen and oxygen atoms in total. The number of hydrogen-bond donors (Lipinski definition) is 0. The largest absolute Gasteiger partial charge is 0.441 e. The summed E-state index contributed by atoms with van der Waals surface area (Å²) >= 11 is 4.30. The van der Waals surface area contributed by atoms with Crippen LogP contribution in [0.25, 0.3) is 0 Å². The van der Waals surface area contributed by atoms with Crippen LogP contribution in [0.15, 0.2) is 24.3 Å². The van der Waals surface area contributed by atoms with E-state index in [9.17, 15) is 4.39 Å². The Labute approximate surface area is 63.4 Å². The monoisotopic (exact) mass is 155 g/mol. The lowest BCUT2D eigenvalue weighted by atomic mass is 10.3. The van der Waals surface area contributed by atoms with Crippen molar-refractivity contribution in [3.8, 4) is 5.75 Å². The van der Waals surface area contributed by atoms with Crippen molar-refractivity contribution in [1.82, 2.24) is 0 Å². The third-order valence-corrected chi connectivity index (χ3v) is 1.06. The second kappa shape index (κ2) is 3.27. The summed E-state index contributed by atoms with van der Waals surface area (Å²) in [6, 6.07) is 5.55. The van der Waals surface area contributed by atoms with Gasteiger partial charge in [-0.3, -0.25) is 0 Å². The van der Waals surface area contributed by atoms with Gasteiger partial charge in [0.05, 0.1) is 0 Å². The van der Waals surface area contributed by atoms with Gasteiger partial charge >= 0.3 is 0 Å². The van der Waals surface area contributed by atoms with E-state index in [1.807, 2.05) is 0 Å². The Balaban J connectivity index is 2.78. The summed E-state index contributed by atoms with van der Waals surface area (Å²) in [7, 11) is 0. The topological polar surface area (TPSA) is 9.23 Å². The number of thiocarbonyl (C=S) groups is 1. The molecule has 10 heavy (non-hydrogen) atoms. The van der Waals surface area contributed by atoms with E-state index in [1.54, 1.807) is 0 Å². The second-order valence-corrected chi connectivity index (χ2v) is 1.81. The Kier molecular flexibility index (Phi) is 2.34. The number of halogens is 1. The molecule has 0 N–H and O–H groups in total. The Bertz CT molecular complexity index is 220. The van der Waals surface area contributed by atoms with Crippen LogP contribution in [0.5, 0.6) is 5.75 Å². The van der Waals surface area contributed by atoms with Gasteiger partial charge in [0.1, 0.15) is 11.6 Å². The van der Waals surface area contributed by atoms with Gasteiger partial charge in [-0.2, -0.15) is 0 Å². The molecule has 0 aliphatic heterocycles. The van der Waals surface area contributed by atoms with Crippen LogP contribution >= 0.6 is 12.2 Å². The fourth-order valence-electron chi connectivity index (χ4n) is 0.551. The van der Waals surface area contributed by atoms with E-state index in [0.29, 0.717) is 5.75 Å². The van der Waals surface area contributed by atoms with E-state index in [-0.39, 0.29) is 5.82 Å². The standard InChI is InChI=1S/C7H4FOS/c8-6-1-3-7(4-2-6)9-5-10/h1-4H. The summed E-state index contributed by atoms with van der Waals surface area (Å²) in [5.74, 6) is 0.202. The minimum Gasteiger partial charge on any atom is -0.441 e. The average Bonchev–Trinajstić information content (AvgIpc) is 1.95. The molecular weight excluding hydrogens is 151 g/mol. The molecule has 3 heteroatoms. The van der Waals surface area contributed by atoms with Crippen LogP contribution in [-0.2, 0) is 0 Å². The second-order valence-electron chi connectivity index (χ2n) is 1.64. The van der Waals surface area contributed by atoms with Crippen molar-refractivity contribution in [3.05, 3.63) is 30.1 Å². The van der Waals surface area contributed by atoms with Gasteiger partial charge in [0.2, 0.25) is 5.55 Å². The highest BCUT2D eigenvalue weighted by atomic mass is 32.1. The molecule has 1 aromatic rings. The summed E-state index contributed by atoms with van der Waals surface area (Å²) in [6.45, 7) is 0. The minimum atomic E-state index is -0.295. The van der Waals surface area contributed by atoms with Gasteiger partial charge in [-0.05, 0) is 36.5 Å². The van der Waals surface area contributed by atoms with Crippen LogP contribution in [0.2, 0.25) is 0 Å². The predicted octanol–water partition coefficient (Wildman–Crippen LogP) is 2.04. The molecule has 0 aromatic heterocycles. The van der Waals surface area contributed by atoms with Gasteiger partial charge in [-0.1, -0.05) is 0 Å². The van der Waals surface area contributed by atoms with Gasteiger partial charge in [0.25, 0.3) is 0 Å². The maximum atomic E-state index is 12.2. The molecule has 0 bridgehead atoms. The first-order valence-electron chi connectivity index (χ1n) is 2.62. The summed E-state index contributed by atoms with van der Waals surface area (Å²) in [4.78, 5) is 0. The summed E-state index contributed by atoms with van der Waals surface area (Å²) in [5.41, 5.74) is 2.06. The molecule has 0 aliphatic rings. The van der Waals surface area contributed by atoms with E-state index >= 15 is 0 Å². The molecule has 0 saturated carbocycles. The zero-order valence-corrected chi connectivity index (χ0v) is 5.82. The number of benzene rings is 1. The molecule has 51 valence electrons. The smallest absolute Gasteiger partial charge is 0.245 e. The van der Waals surface area contributed by atoms with E-state index in [4.69, 9.17) is 0 Å². The van der Waals surface area contributed by atoms with Crippen molar-refractivity contribution in [2.24, 2.45) is 0 Å². The lowest BCUT2D eigenvalue weighted by molar-refractivity contribution is 0.577. The van der Waals surface area contributed by atoms with Crippen molar-refractivity contribution in [3.63, 3.8) is 0 Å². The van der Waals surface area contributed by atoms with Gasteiger partial charge in [0, 0.05) is 0 Å². The zero-order valence-electron chi connectivity index (χ0n) is 5.00. The lowest BCUT2D eigenvalue weighted by Crippen LogP contribution is -1.85. The van der Waals surface area contributed by atoms with E-state index in [1.165, 1.54) is 24.3 Å². The van der Waals surface area contributed by atoms with E-state index in [0.717, 1.165) is 0 Å². The van der Waals surface area contributed by atoms with Gasteiger partial charge in [-0.25, -0.2) is 4.39 Å². The number of hydrogen-bond acceptors (Lipinski definition) is 2. The first-order valence-corrected chi connectivity index (χ1v) is 3.03. The first kappa shape index (κ1) is 7.15. The highest BCUT2D eigenvalue weighted by molar-refractivity contribution is 7.78. The van der Waals surface area contributed by atoms with Crippen molar-refractivity contribution in [2.75, 3.05) is 0 Å². The Morgan fingerprint density at radius 1 is 1.30 bits per heavy atom. The molecule has 0 fully saturated rings. The van der Waals surface area contributed by atoms with Crippen LogP contribution in [-0.4, -0.2) is 5.55 Å². The molecule has 1 aromatic carbocycles. The van der Waals surface area contributed by atoms with Gasteiger partial charge in [-0.15, -0.1) is 0 Å². The fourth-order valence-corrected chi connectivity index (χ4v) is 0.647. The highest BCUT2D eigenvalue weighted by Gasteiger charge is 1.90. The van der Waals surface area contributed by atoms with Crippen molar-refractivity contribution in [2.45, 2.75) is 0 Å². The molecule has 0 unspecified atom stereocenters. The number of rotatable bonds is 2. The van der Waals surface area contributed by atoms with Crippen LogP contribution in [0.4, 0.5) is 4.39 Å². The van der Waals surface area contributed by atoms with Crippen LogP contribution in [0.3, 0.4) is 0 Å². The SMILES string of the molecule is Fc1ccc(O[C]=S)cc1. The number of ether oxygens (including phenoxy) is 1. The molecule has 0 aliphatic carbocycles. The minimum absolute atomic E-state index is 0.295. The van der Waals surface area contributed by atoms with Crippen LogP contribution < -0.4 is 4.74 Å². The quantitative estimate of drug-likeness (QED) is 0.604. The molecule has 0 amide bonds. The van der Waals surface area contributed by atoms with Gasteiger partial charge < -0.3 is 4.74 Å². The van der Waals surface area contributed by atoms with E-state index in [2.05, 4.69) is 22.5 Å². The Hall–Kier alpha value is -0.960. The molecule has 1 rings (SSSR count). The molecule has 0 heterocycles. The van der Waals surface area contributed by atoms with Crippen LogP contribution in [0, 0.1) is 5.82 Å². The molecule has 1 radical (unpaired) electrons.